The first-order valence-electron chi connectivity index (χ1n) is 4.35. The zero-order valence-electron chi connectivity index (χ0n) is 7.81. The molecule has 0 spiro atoms. The first-order valence-corrected chi connectivity index (χ1v) is 4.35. The van der Waals surface area contributed by atoms with E-state index >= 15 is 0 Å². The van der Waals surface area contributed by atoms with E-state index in [9.17, 15) is 5.11 Å². The molecule has 0 bridgehead atoms. The van der Waals surface area contributed by atoms with E-state index in [1.807, 2.05) is 25.1 Å². The fourth-order valence-corrected chi connectivity index (χ4v) is 1.24. The number of hydrogen-bond acceptors (Lipinski definition) is 3. The van der Waals surface area contributed by atoms with Crippen LogP contribution in [-0.2, 0) is 0 Å². The standard InChI is InChI=1S/C11H10N2O/c1-8-5-6-12-10(7-8)9-3-2-4-11(14)13-9/h2-7H,1H3,(H,13,14). The summed E-state index contributed by atoms with van der Waals surface area (Å²) >= 11 is 0. The molecule has 3 heteroatoms. The van der Waals surface area contributed by atoms with Gasteiger partial charge < -0.3 is 5.11 Å². The van der Waals surface area contributed by atoms with Crippen LogP contribution in [0.3, 0.4) is 0 Å². The second-order valence-corrected chi connectivity index (χ2v) is 3.10. The van der Waals surface area contributed by atoms with Crippen molar-refractivity contribution in [2.45, 2.75) is 6.92 Å². The third-order valence-electron chi connectivity index (χ3n) is 1.91. The molecule has 2 aromatic rings. The van der Waals surface area contributed by atoms with E-state index in [-0.39, 0.29) is 5.88 Å². The van der Waals surface area contributed by atoms with Crippen molar-refractivity contribution in [1.82, 2.24) is 9.97 Å². The van der Waals surface area contributed by atoms with Crippen molar-refractivity contribution in [3.8, 4) is 17.3 Å². The van der Waals surface area contributed by atoms with Crippen LogP contribution >= 0.6 is 0 Å². The summed E-state index contributed by atoms with van der Waals surface area (Å²) in [5.41, 5.74) is 2.59. The maximum atomic E-state index is 9.20. The van der Waals surface area contributed by atoms with E-state index in [0.29, 0.717) is 5.69 Å². The summed E-state index contributed by atoms with van der Waals surface area (Å²) in [6, 6.07) is 8.97. The number of nitrogens with zero attached hydrogens (tertiary/aromatic N) is 2. The smallest absolute Gasteiger partial charge is 0.211 e. The highest BCUT2D eigenvalue weighted by Crippen LogP contribution is 2.17. The average molecular weight is 186 g/mol. The van der Waals surface area contributed by atoms with Gasteiger partial charge in [0.1, 0.15) is 0 Å². The van der Waals surface area contributed by atoms with Crippen LogP contribution in [0.15, 0.2) is 36.5 Å². The molecule has 0 saturated carbocycles. The van der Waals surface area contributed by atoms with Crippen LogP contribution in [-0.4, -0.2) is 15.1 Å². The molecule has 70 valence electrons. The van der Waals surface area contributed by atoms with Crippen LogP contribution in [0.25, 0.3) is 11.4 Å². The molecule has 2 heterocycles. The Morgan fingerprint density at radius 3 is 2.71 bits per heavy atom. The first-order chi connectivity index (χ1) is 6.75. The fraction of sp³-hybridized carbons (Fsp3) is 0.0909. The zero-order chi connectivity index (χ0) is 9.97. The van der Waals surface area contributed by atoms with Gasteiger partial charge in [0.2, 0.25) is 5.88 Å². The van der Waals surface area contributed by atoms with Crippen molar-refractivity contribution in [3.63, 3.8) is 0 Å². The van der Waals surface area contributed by atoms with E-state index in [1.165, 1.54) is 0 Å². The van der Waals surface area contributed by atoms with Crippen molar-refractivity contribution < 1.29 is 5.11 Å². The van der Waals surface area contributed by atoms with Gasteiger partial charge in [-0.05, 0) is 30.7 Å². The van der Waals surface area contributed by atoms with Gasteiger partial charge in [-0.3, -0.25) is 4.98 Å². The quantitative estimate of drug-likeness (QED) is 0.742. The minimum absolute atomic E-state index is 0.0193. The van der Waals surface area contributed by atoms with Gasteiger partial charge in [-0.15, -0.1) is 0 Å². The van der Waals surface area contributed by atoms with E-state index in [1.54, 1.807) is 18.3 Å². The largest absolute Gasteiger partial charge is 0.493 e. The monoisotopic (exact) mass is 186 g/mol. The summed E-state index contributed by atoms with van der Waals surface area (Å²) in [7, 11) is 0. The average Bonchev–Trinajstić information content (AvgIpc) is 2.18. The van der Waals surface area contributed by atoms with Gasteiger partial charge in [-0.25, -0.2) is 4.98 Å². The summed E-state index contributed by atoms with van der Waals surface area (Å²) in [5.74, 6) is 0.0193. The minimum atomic E-state index is 0.0193. The molecule has 0 fully saturated rings. The maximum absolute atomic E-state index is 9.20. The van der Waals surface area contributed by atoms with Crippen LogP contribution < -0.4 is 0 Å². The molecule has 0 atom stereocenters. The predicted octanol–water partition coefficient (Wildman–Crippen LogP) is 2.16. The highest BCUT2D eigenvalue weighted by atomic mass is 16.3. The number of aryl methyl sites for hydroxylation is 1. The molecule has 0 aromatic carbocycles. The van der Waals surface area contributed by atoms with Gasteiger partial charge in [0.25, 0.3) is 0 Å². The molecule has 0 aliphatic carbocycles. The second-order valence-electron chi connectivity index (χ2n) is 3.10. The van der Waals surface area contributed by atoms with Gasteiger partial charge in [-0.2, -0.15) is 0 Å². The lowest BCUT2D eigenvalue weighted by molar-refractivity contribution is 0.454. The lowest BCUT2D eigenvalue weighted by Crippen LogP contribution is -1.87. The second kappa shape index (κ2) is 3.46. The first kappa shape index (κ1) is 8.69. The molecule has 0 amide bonds. The van der Waals surface area contributed by atoms with E-state index in [0.717, 1.165) is 11.3 Å². The lowest BCUT2D eigenvalue weighted by atomic mass is 10.2. The number of aromatic nitrogens is 2. The molecule has 0 unspecified atom stereocenters. The molecule has 0 radical (unpaired) electrons. The fourth-order valence-electron chi connectivity index (χ4n) is 1.24. The van der Waals surface area contributed by atoms with Crippen LogP contribution in [0.4, 0.5) is 0 Å². The molecule has 3 nitrogen and oxygen atoms in total. The SMILES string of the molecule is Cc1ccnc(-c2cccc(O)n2)c1. The Morgan fingerprint density at radius 1 is 1.14 bits per heavy atom. The molecule has 2 aromatic heterocycles. The van der Waals surface area contributed by atoms with Crippen molar-refractivity contribution in [2.75, 3.05) is 0 Å². The summed E-state index contributed by atoms with van der Waals surface area (Å²) in [4.78, 5) is 8.15. The van der Waals surface area contributed by atoms with Crippen molar-refractivity contribution in [2.24, 2.45) is 0 Å². The third-order valence-corrected chi connectivity index (χ3v) is 1.91. The molecule has 14 heavy (non-hydrogen) atoms. The van der Waals surface area contributed by atoms with Gasteiger partial charge >= 0.3 is 0 Å². The third kappa shape index (κ3) is 1.71. The highest BCUT2D eigenvalue weighted by Gasteiger charge is 2.01. The Morgan fingerprint density at radius 2 is 2.00 bits per heavy atom. The van der Waals surface area contributed by atoms with Crippen molar-refractivity contribution >= 4 is 0 Å². The maximum Gasteiger partial charge on any atom is 0.211 e. The Balaban J connectivity index is 2.49. The van der Waals surface area contributed by atoms with Gasteiger partial charge in [0.15, 0.2) is 0 Å². The summed E-state index contributed by atoms with van der Waals surface area (Å²) in [5, 5.41) is 9.20. The summed E-state index contributed by atoms with van der Waals surface area (Å²) < 4.78 is 0. The molecule has 1 N–H and O–H groups in total. The van der Waals surface area contributed by atoms with Crippen LogP contribution in [0.1, 0.15) is 5.56 Å². The van der Waals surface area contributed by atoms with Gasteiger partial charge in [0, 0.05) is 12.3 Å². The molecular weight excluding hydrogens is 176 g/mol. The Kier molecular flexibility index (Phi) is 2.14. The Labute approximate surface area is 82.1 Å². The van der Waals surface area contributed by atoms with Crippen LogP contribution in [0.5, 0.6) is 5.88 Å². The lowest BCUT2D eigenvalue weighted by Gasteiger charge is -2.00. The normalized spacial score (nSPS) is 10.1. The molecule has 2 rings (SSSR count). The summed E-state index contributed by atoms with van der Waals surface area (Å²) in [6.07, 6.45) is 1.73. The number of aromatic hydroxyl groups is 1. The Hall–Kier alpha value is -1.90. The van der Waals surface area contributed by atoms with Gasteiger partial charge in [-0.1, -0.05) is 6.07 Å². The number of rotatable bonds is 1. The molecular formula is C11H10N2O. The Bertz CT molecular complexity index is 411. The number of hydrogen-bond donors (Lipinski definition) is 1. The van der Waals surface area contributed by atoms with Crippen molar-refractivity contribution in [1.29, 1.82) is 0 Å². The van der Waals surface area contributed by atoms with E-state index in [2.05, 4.69) is 9.97 Å². The predicted molar refractivity (Wildman–Crippen MR) is 53.9 cm³/mol. The van der Waals surface area contributed by atoms with Gasteiger partial charge in [0.05, 0.1) is 11.4 Å². The molecule has 0 aliphatic rings. The highest BCUT2D eigenvalue weighted by molar-refractivity contribution is 5.55. The van der Waals surface area contributed by atoms with E-state index in [4.69, 9.17) is 0 Å². The zero-order valence-corrected chi connectivity index (χ0v) is 7.81. The van der Waals surface area contributed by atoms with Crippen LogP contribution in [0.2, 0.25) is 0 Å². The molecule has 0 aliphatic heterocycles. The van der Waals surface area contributed by atoms with Crippen LogP contribution in [0, 0.1) is 6.92 Å². The molecule has 0 saturated heterocycles. The number of pyridine rings is 2. The van der Waals surface area contributed by atoms with Crippen molar-refractivity contribution in [3.05, 3.63) is 42.1 Å². The summed E-state index contributed by atoms with van der Waals surface area (Å²) in [6.45, 7) is 1.99. The van der Waals surface area contributed by atoms with E-state index < -0.39 is 0 Å². The topological polar surface area (TPSA) is 46.0 Å². The minimum Gasteiger partial charge on any atom is -0.493 e.